The Balaban J connectivity index is 1.58. The fraction of sp³-hybridized carbons (Fsp3) is 0.348. The Morgan fingerprint density at radius 2 is 1.74 bits per heavy atom. The van der Waals surface area contributed by atoms with Crippen LogP contribution < -0.4 is 20.3 Å². The largest absolute Gasteiger partial charge is 0.497 e. The lowest BCUT2D eigenvalue weighted by Gasteiger charge is -2.21. The number of urea groups is 1. The van der Waals surface area contributed by atoms with Gasteiger partial charge in [-0.05, 0) is 61.7 Å². The molecule has 1 saturated heterocycles. The summed E-state index contributed by atoms with van der Waals surface area (Å²) in [6.07, 6.45) is 1.03. The van der Waals surface area contributed by atoms with Gasteiger partial charge in [0.25, 0.3) is 5.91 Å². The number of anilines is 2. The third-order valence-electron chi connectivity index (χ3n) is 5.39. The molecule has 0 saturated carbocycles. The third kappa shape index (κ3) is 5.14. The molecule has 8 heteroatoms. The summed E-state index contributed by atoms with van der Waals surface area (Å²) in [6, 6.07) is 14.3. The minimum Gasteiger partial charge on any atom is -0.497 e. The summed E-state index contributed by atoms with van der Waals surface area (Å²) < 4.78 is 5.15. The average Bonchev–Trinajstić information content (AvgIpc) is 2.96. The van der Waals surface area contributed by atoms with Gasteiger partial charge < -0.3 is 20.3 Å². The van der Waals surface area contributed by atoms with Crippen molar-refractivity contribution in [1.29, 1.82) is 0 Å². The predicted molar refractivity (Wildman–Crippen MR) is 119 cm³/mol. The maximum Gasteiger partial charge on any atom is 0.325 e. The summed E-state index contributed by atoms with van der Waals surface area (Å²) in [7, 11) is 5.46. The van der Waals surface area contributed by atoms with Gasteiger partial charge in [0, 0.05) is 25.5 Å². The highest BCUT2D eigenvalue weighted by molar-refractivity contribution is 6.09. The molecule has 1 aliphatic heterocycles. The number of hydrogen-bond donors (Lipinski definition) is 2. The molecule has 31 heavy (non-hydrogen) atoms. The van der Waals surface area contributed by atoms with Gasteiger partial charge in [-0.15, -0.1) is 0 Å². The summed E-state index contributed by atoms with van der Waals surface area (Å²) in [5.74, 6) is -0.0709. The predicted octanol–water partition coefficient (Wildman–Crippen LogP) is 2.64. The Morgan fingerprint density at radius 3 is 2.32 bits per heavy atom. The molecule has 2 N–H and O–H groups in total. The van der Waals surface area contributed by atoms with Gasteiger partial charge in [-0.1, -0.05) is 12.1 Å². The number of rotatable bonds is 8. The Bertz CT molecular complexity index is 957. The molecule has 1 heterocycles. The molecule has 164 valence electrons. The highest BCUT2D eigenvalue weighted by atomic mass is 16.5. The standard InChI is InChI=1S/C23H28N4O4/c1-23(14-13-16-5-11-19(31-4)12-6-16)21(29)27(22(30)25-23)15-20(28)24-17-7-9-18(10-8-17)26(2)3/h5-12H,13-15H2,1-4H3,(H,24,28)(H,25,30)/t23-/m0/s1. The molecule has 4 amide bonds. The molecule has 0 aromatic heterocycles. The molecule has 0 aliphatic carbocycles. The van der Waals surface area contributed by atoms with Gasteiger partial charge in [0.2, 0.25) is 5.91 Å². The number of aryl methyl sites for hydroxylation is 1. The molecule has 1 fully saturated rings. The average molecular weight is 425 g/mol. The van der Waals surface area contributed by atoms with Gasteiger partial charge in [0.15, 0.2) is 0 Å². The van der Waals surface area contributed by atoms with Gasteiger partial charge >= 0.3 is 6.03 Å². The molecule has 1 aliphatic rings. The van der Waals surface area contributed by atoms with Crippen LogP contribution in [0.5, 0.6) is 5.75 Å². The lowest BCUT2D eigenvalue weighted by Crippen LogP contribution is -2.45. The van der Waals surface area contributed by atoms with Crippen molar-refractivity contribution in [3.8, 4) is 5.75 Å². The number of methoxy groups -OCH3 is 1. The molecule has 0 bridgehead atoms. The second kappa shape index (κ2) is 9.07. The molecule has 2 aromatic rings. The summed E-state index contributed by atoms with van der Waals surface area (Å²) in [5.41, 5.74) is 1.58. The zero-order valence-corrected chi connectivity index (χ0v) is 18.3. The van der Waals surface area contributed by atoms with Crippen molar-refractivity contribution >= 4 is 29.2 Å². The minimum atomic E-state index is -1.05. The van der Waals surface area contributed by atoms with Crippen LogP contribution in [0.1, 0.15) is 18.9 Å². The monoisotopic (exact) mass is 424 g/mol. The number of carbonyl (C=O) groups is 3. The van der Waals surface area contributed by atoms with Crippen LogP contribution in [0.3, 0.4) is 0 Å². The van der Waals surface area contributed by atoms with Crippen molar-refractivity contribution in [1.82, 2.24) is 10.2 Å². The smallest absolute Gasteiger partial charge is 0.325 e. The highest BCUT2D eigenvalue weighted by Crippen LogP contribution is 2.24. The van der Waals surface area contributed by atoms with E-state index in [0.29, 0.717) is 18.5 Å². The SMILES string of the molecule is COc1ccc(CC[C@]2(C)NC(=O)N(CC(=O)Nc3ccc(N(C)C)cc3)C2=O)cc1. The van der Waals surface area contributed by atoms with E-state index < -0.39 is 23.4 Å². The number of imide groups is 1. The molecule has 3 rings (SSSR count). The van der Waals surface area contributed by atoms with E-state index in [0.717, 1.165) is 21.9 Å². The normalized spacial score (nSPS) is 18.0. The zero-order chi connectivity index (χ0) is 22.6. The van der Waals surface area contributed by atoms with Gasteiger partial charge in [0.05, 0.1) is 7.11 Å². The molecular weight excluding hydrogens is 396 g/mol. The number of amides is 4. The van der Waals surface area contributed by atoms with Crippen LogP contribution >= 0.6 is 0 Å². The van der Waals surface area contributed by atoms with E-state index >= 15 is 0 Å². The van der Waals surface area contributed by atoms with Gasteiger partial charge in [0.1, 0.15) is 17.8 Å². The molecule has 0 radical (unpaired) electrons. The Labute approximate surface area is 182 Å². The number of hydrogen-bond acceptors (Lipinski definition) is 5. The van der Waals surface area contributed by atoms with E-state index in [-0.39, 0.29) is 6.54 Å². The van der Waals surface area contributed by atoms with Crippen molar-refractivity contribution in [2.45, 2.75) is 25.3 Å². The highest BCUT2D eigenvalue weighted by Gasteiger charge is 2.47. The molecule has 2 aromatic carbocycles. The molecular formula is C23H28N4O4. The van der Waals surface area contributed by atoms with Gasteiger partial charge in [-0.25, -0.2) is 4.79 Å². The number of nitrogens with zero attached hydrogens (tertiary/aromatic N) is 2. The van der Waals surface area contributed by atoms with Crippen LogP contribution in [-0.4, -0.2) is 56.0 Å². The maximum absolute atomic E-state index is 12.9. The number of ether oxygens (including phenoxy) is 1. The van der Waals surface area contributed by atoms with Crippen molar-refractivity contribution in [3.63, 3.8) is 0 Å². The topological polar surface area (TPSA) is 91.0 Å². The van der Waals surface area contributed by atoms with Gasteiger partial charge in [-0.3, -0.25) is 14.5 Å². The van der Waals surface area contributed by atoms with E-state index in [1.165, 1.54) is 0 Å². The van der Waals surface area contributed by atoms with Crippen LogP contribution in [0.25, 0.3) is 0 Å². The fourth-order valence-corrected chi connectivity index (χ4v) is 3.43. The van der Waals surface area contributed by atoms with Gasteiger partial charge in [-0.2, -0.15) is 0 Å². The Kier molecular flexibility index (Phi) is 6.48. The van der Waals surface area contributed by atoms with E-state index in [1.54, 1.807) is 26.2 Å². The van der Waals surface area contributed by atoms with E-state index in [9.17, 15) is 14.4 Å². The lowest BCUT2D eigenvalue weighted by atomic mass is 9.93. The fourth-order valence-electron chi connectivity index (χ4n) is 3.43. The van der Waals surface area contributed by atoms with E-state index in [4.69, 9.17) is 4.74 Å². The second-order valence-corrected chi connectivity index (χ2v) is 7.99. The lowest BCUT2D eigenvalue weighted by molar-refractivity contribution is -0.133. The van der Waals surface area contributed by atoms with Crippen LogP contribution in [0.2, 0.25) is 0 Å². The first-order valence-corrected chi connectivity index (χ1v) is 10.1. The third-order valence-corrected chi connectivity index (χ3v) is 5.39. The van der Waals surface area contributed by atoms with Crippen LogP contribution in [0.4, 0.5) is 16.2 Å². The molecule has 0 spiro atoms. The summed E-state index contributed by atoms with van der Waals surface area (Å²) in [4.78, 5) is 40.6. The molecule has 8 nitrogen and oxygen atoms in total. The van der Waals surface area contributed by atoms with Crippen molar-refractivity contribution in [2.75, 3.05) is 38.0 Å². The number of benzene rings is 2. The Morgan fingerprint density at radius 1 is 1.10 bits per heavy atom. The first-order valence-electron chi connectivity index (χ1n) is 10.1. The Hall–Kier alpha value is -3.55. The quantitative estimate of drug-likeness (QED) is 0.636. The van der Waals surface area contributed by atoms with Crippen LogP contribution in [0, 0.1) is 0 Å². The van der Waals surface area contributed by atoms with Crippen LogP contribution in [0.15, 0.2) is 48.5 Å². The van der Waals surface area contributed by atoms with Crippen molar-refractivity contribution in [2.24, 2.45) is 0 Å². The summed E-state index contributed by atoms with van der Waals surface area (Å²) in [5, 5.41) is 5.47. The van der Waals surface area contributed by atoms with Crippen molar-refractivity contribution < 1.29 is 19.1 Å². The molecule has 1 atom stereocenters. The first kappa shape index (κ1) is 22.1. The van der Waals surface area contributed by atoms with Crippen molar-refractivity contribution in [3.05, 3.63) is 54.1 Å². The summed E-state index contributed by atoms with van der Waals surface area (Å²) >= 11 is 0. The van der Waals surface area contributed by atoms with E-state index in [1.807, 2.05) is 55.4 Å². The zero-order valence-electron chi connectivity index (χ0n) is 18.3. The minimum absolute atomic E-state index is 0.335. The summed E-state index contributed by atoms with van der Waals surface area (Å²) in [6.45, 7) is 1.35. The van der Waals surface area contributed by atoms with E-state index in [2.05, 4.69) is 10.6 Å². The second-order valence-electron chi connectivity index (χ2n) is 7.99. The van der Waals surface area contributed by atoms with Crippen LogP contribution in [-0.2, 0) is 16.0 Å². The number of carbonyl (C=O) groups excluding carboxylic acids is 3. The first-order chi connectivity index (χ1) is 14.7. The maximum atomic E-state index is 12.9. The number of nitrogens with one attached hydrogen (secondary N) is 2. The molecule has 0 unspecified atom stereocenters.